The summed E-state index contributed by atoms with van der Waals surface area (Å²) in [7, 11) is 0. The van der Waals surface area contributed by atoms with E-state index in [1.54, 1.807) is 12.1 Å². The minimum Gasteiger partial charge on any atom is -0.354 e. The molecule has 0 bridgehead atoms. The summed E-state index contributed by atoms with van der Waals surface area (Å²) in [6.45, 7) is 2.83. The van der Waals surface area contributed by atoms with Gasteiger partial charge < -0.3 is 10.6 Å². The molecule has 6 heteroatoms. The molecule has 0 unspecified atom stereocenters. The lowest BCUT2D eigenvalue weighted by molar-refractivity contribution is 0.102. The maximum atomic E-state index is 13.5. The second-order valence-electron chi connectivity index (χ2n) is 4.48. The first-order chi connectivity index (χ1) is 10.2. The number of para-hydroxylation sites is 1. The van der Waals surface area contributed by atoms with Crippen LogP contribution in [0.4, 0.5) is 16.0 Å². The van der Waals surface area contributed by atoms with Crippen molar-refractivity contribution in [2.45, 2.75) is 19.8 Å². The Hall–Kier alpha value is -2.50. The van der Waals surface area contributed by atoms with E-state index < -0.39 is 11.7 Å². The molecule has 2 aromatic rings. The van der Waals surface area contributed by atoms with Gasteiger partial charge in [0.05, 0.1) is 5.69 Å². The van der Waals surface area contributed by atoms with E-state index >= 15 is 0 Å². The highest BCUT2D eigenvalue weighted by Crippen LogP contribution is 2.13. The van der Waals surface area contributed by atoms with Crippen LogP contribution in [0.5, 0.6) is 0 Å². The van der Waals surface area contributed by atoms with E-state index in [0.29, 0.717) is 5.95 Å². The van der Waals surface area contributed by atoms with Crippen LogP contribution < -0.4 is 10.6 Å². The van der Waals surface area contributed by atoms with Crippen LogP contribution in [-0.4, -0.2) is 22.4 Å². The minimum atomic E-state index is -0.485. The van der Waals surface area contributed by atoms with Crippen molar-refractivity contribution >= 4 is 17.5 Å². The van der Waals surface area contributed by atoms with Crippen LogP contribution in [0.15, 0.2) is 36.5 Å². The number of hydrogen-bond acceptors (Lipinski definition) is 4. The Kier molecular flexibility index (Phi) is 5.20. The van der Waals surface area contributed by atoms with Crippen LogP contribution in [-0.2, 0) is 0 Å². The number of nitrogens with one attached hydrogen (secondary N) is 2. The summed E-state index contributed by atoms with van der Waals surface area (Å²) in [5, 5.41) is 5.53. The first-order valence-corrected chi connectivity index (χ1v) is 6.83. The number of rotatable bonds is 6. The van der Waals surface area contributed by atoms with Crippen LogP contribution in [0.25, 0.3) is 0 Å². The summed E-state index contributed by atoms with van der Waals surface area (Å²) in [5.41, 5.74) is 0.314. The smallest absolute Gasteiger partial charge is 0.274 e. The standard InChI is InChI=1S/C15H17FN4O/c1-2-3-9-17-15-18-10-8-13(20-15)14(21)19-12-7-5-4-6-11(12)16/h4-8,10H,2-3,9H2,1H3,(H,19,21)(H,17,18,20). The molecule has 0 atom stereocenters. The Morgan fingerprint density at radius 3 is 2.86 bits per heavy atom. The predicted molar refractivity (Wildman–Crippen MR) is 79.8 cm³/mol. The van der Waals surface area contributed by atoms with Crippen LogP contribution in [0.1, 0.15) is 30.3 Å². The molecule has 0 aliphatic carbocycles. The highest BCUT2D eigenvalue weighted by Gasteiger charge is 2.11. The predicted octanol–water partition coefficient (Wildman–Crippen LogP) is 3.08. The summed E-state index contributed by atoms with van der Waals surface area (Å²) in [4.78, 5) is 20.2. The average molecular weight is 288 g/mol. The Bertz CT molecular complexity index is 618. The molecule has 1 amide bonds. The van der Waals surface area contributed by atoms with Gasteiger partial charge in [-0.3, -0.25) is 4.79 Å². The van der Waals surface area contributed by atoms with Crippen molar-refractivity contribution in [3.8, 4) is 0 Å². The number of nitrogens with zero attached hydrogens (tertiary/aromatic N) is 2. The van der Waals surface area contributed by atoms with Gasteiger partial charge in [-0.1, -0.05) is 25.5 Å². The Morgan fingerprint density at radius 2 is 2.10 bits per heavy atom. The van der Waals surface area contributed by atoms with E-state index in [9.17, 15) is 9.18 Å². The van der Waals surface area contributed by atoms with Crippen molar-refractivity contribution in [1.82, 2.24) is 9.97 Å². The van der Waals surface area contributed by atoms with Crippen LogP contribution in [0.2, 0.25) is 0 Å². The normalized spacial score (nSPS) is 10.2. The van der Waals surface area contributed by atoms with Crippen molar-refractivity contribution in [3.63, 3.8) is 0 Å². The van der Waals surface area contributed by atoms with Gasteiger partial charge >= 0.3 is 0 Å². The van der Waals surface area contributed by atoms with E-state index in [-0.39, 0.29) is 11.4 Å². The Balaban J connectivity index is 2.05. The van der Waals surface area contributed by atoms with Gasteiger partial charge in [0.2, 0.25) is 5.95 Å². The molecule has 0 aliphatic heterocycles. The second-order valence-corrected chi connectivity index (χ2v) is 4.48. The summed E-state index contributed by atoms with van der Waals surface area (Å²) in [6, 6.07) is 7.48. The molecule has 21 heavy (non-hydrogen) atoms. The fourth-order valence-corrected chi connectivity index (χ4v) is 1.70. The third kappa shape index (κ3) is 4.24. The largest absolute Gasteiger partial charge is 0.354 e. The van der Waals surface area contributed by atoms with E-state index in [1.165, 1.54) is 24.4 Å². The fourth-order valence-electron chi connectivity index (χ4n) is 1.70. The Morgan fingerprint density at radius 1 is 1.29 bits per heavy atom. The third-order valence-electron chi connectivity index (χ3n) is 2.82. The van der Waals surface area contributed by atoms with E-state index in [1.807, 2.05) is 0 Å². The van der Waals surface area contributed by atoms with Crippen molar-refractivity contribution < 1.29 is 9.18 Å². The molecule has 0 aliphatic rings. The molecule has 0 saturated heterocycles. The molecule has 110 valence electrons. The van der Waals surface area contributed by atoms with Crippen molar-refractivity contribution in [1.29, 1.82) is 0 Å². The zero-order valence-electron chi connectivity index (χ0n) is 11.8. The first kappa shape index (κ1) is 14.9. The van der Waals surface area contributed by atoms with Gasteiger partial charge in [-0.2, -0.15) is 0 Å². The summed E-state index contributed by atoms with van der Waals surface area (Å²) in [5.74, 6) is -0.563. The molecule has 1 aromatic heterocycles. The quantitative estimate of drug-likeness (QED) is 0.802. The third-order valence-corrected chi connectivity index (χ3v) is 2.82. The highest BCUT2D eigenvalue weighted by atomic mass is 19.1. The fraction of sp³-hybridized carbons (Fsp3) is 0.267. The molecular weight excluding hydrogens is 271 g/mol. The van der Waals surface area contributed by atoms with Gasteiger partial charge in [-0.15, -0.1) is 0 Å². The summed E-state index contributed by atoms with van der Waals surface area (Å²) >= 11 is 0. The van der Waals surface area contributed by atoms with E-state index in [2.05, 4.69) is 27.5 Å². The van der Waals surface area contributed by atoms with E-state index in [4.69, 9.17) is 0 Å². The molecule has 0 spiro atoms. The van der Waals surface area contributed by atoms with Gasteiger partial charge in [0.25, 0.3) is 5.91 Å². The number of hydrogen-bond donors (Lipinski definition) is 2. The molecule has 0 radical (unpaired) electrons. The zero-order valence-corrected chi connectivity index (χ0v) is 11.8. The van der Waals surface area contributed by atoms with Crippen LogP contribution in [0.3, 0.4) is 0 Å². The number of aromatic nitrogens is 2. The number of halogens is 1. The maximum absolute atomic E-state index is 13.5. The molecule has 0 fully saturated rings. The SMILES string of the molecule is CCCCNc1nccc(C(=O)Nc2ccccc2F)n1. The summed E-state index contributed by atoms with van der Waals surface area (Å²) < 4.78 is 13.5. The number of anilines is 2. The lowest BCUT2D eigenvalue weighted by atomic mass is 10.3. The number of carbonyl (C=O) groups is 1. The zero-order chi connectivity index (χ0) is 15.1. The minimum absolute atomic E-state index is 0.126. The molecule has 1 heterocycles. The topological polar surface area (TPSA) is 66.9 Å². The van der Waals surface area contributed by atoms with Crippen LogP contribution in [0, 0.1) is 5.82 Å². The summed E-state index contributed by atoms with van der Waals surface area (Å²) in [6.07, 6.45) is 3.55. The lowest BCUT2D eigenvalue weighted by Gasteiger charge is -2.07. The first-order valence-electron chi connectivity index (χ1n) is 6.83. The molecular formula is C15H17FN4O. The van der Waals surface area contributed by atoms with Gasteiger partial charge in [-0.05, 0) is 24.6 Å². The van der Waals surface area contributed by atoms with Gasteiger partial charge in [-0.25, -0.2) is 14.4 Å². The highest BCUT2D eigenvalue weighted by molar-refractivity contribution is 6.03. The lowest BCUT2D eigenvalue weighted by Crippen LogP contribution is -2.16. The number of unbranched alkanes of at least 4 members (excludes halogenated alkanes) is 1. The van der Waals surface area contributed by atoms with Gasteiger partial charge in [0.1, 0.15) is 11.5 Å². The second kappa shape index (κ2) is 7.33. The molecule has 2 rings (SSSR count). The number of amides is 1. The maximum Gasteiger partial charge on any atom is 0.274 e. The van der Waals surface area contributed by atoms with Crippen LogP contribution >= 0.6 is 0 Å². The van der Waals surface area contributed by atoms with Crippen molar-refractivity contribution in [2.75, 3.05) is 17.2 Å². The Labute approximate surface area is 122 Å². The molecule has 0 saturated carbocycles. The monoisotopic (exact) mass is 288 g/mol. The molecule has 5 nitrogen and oxygen atoms in total. The van der Waals surface area contributed by atoms with Crippen molar-refractivity contribution in [3.05, 3.63) is 48.0 Å². The van der Waals surface area contributed by atoms with E-state index in [0.717, 1.165) is 19.4 Å². The van der Waals surface area contributed by atoms with Gasteiger partial charge in [0, 0.05) is 12.7 Å². The average Bonchev–Trinajstić information content (AvgIpc) is 2.50. The van der Waals surface area contributed by atoms with Gasteiger partial charge in [0.15, 0.2) is 0 Å². The number of carbonyl (C=O) groups excluding carboxylic acids is 1. The molecule has 2 N–H and O–H groups in total. The molecule has 1 aromatic carbocycles. The number of benzene rings is 1. The van der Waals surface area contributed by atoms with Crippen molar-refractivity contribution in [2.24, 2.45) is 0 Å².